The van der Waals surface area contributed by atoms with Gasteiger partial charge < -0.3 is 15.1 Å². The van der Waals surface area contributed by atoms with Crippen molar-refractivity contribution in [2.24, 2.45) is 0 Å². The second kappa shape index (κ2) is 5.57. The van der Waals surface area contributed by atoms with E-state index in [2.05, 4.69) is 0 Å². The third-order valence-corrected chi connectivity index (χ3v) is 3.02. The van der Waals surface area contributed by atoms with E-state index < -0.39 is 0 Å². The van der Waals surface area contributed by atoms with E-state index >= 15 is 0 Å². The molecule has 0 atom stereocenters. The summed E-state index contributed by atoms with van der Waals surface area (Å²) in [5.74, 6) is -0.401. The van der Waals surface area contributed by atoms with Crippen LogP contribution in [0.4, 0.5) is 0 Å². The minimum absolute atomic E-state index is 0.0240. The number of hydrogen-bond donors (Lipinski definition) is 2. The Kier molecular flexibility index (Phi) is 4.37. The van der Waals surface area contributed by atoms with Crippen LogP contribution in [0.15, 0.2) is 18.2 Å². The van der Waals surface area contributed by atoms with Crippen LogP contribution < -0.4 is 0 Å². The van der Waals surface area contributed by atoms with Crippen LogP contribution in [-0.4, -0.2) is 34.1 Å². The van der Waals surface area contributed by atoms with E-state index in [0.29, 0.717) is 0 Å². The fourth-order valence-electron chi connectivity index (χ4n) is 1.89. The Labute approximate surface area is 101 Å². The van der Waals surface area contributed by atoms with E-state index in [1.54, 1.807) is 11.9 Å². The van der Waals surface area contributed by atoms with Crippen LogP contribution in [0.25, 0.3) is 0 Å². The van der Waals surface area contributed by atoms with Crippen molar-refractivity contribution >= 4 is 5.91 Å². The summed E-state index contributed by atoms with van der Waals surface area (Å²) < 4.78 is 0. The van der Waals surface area contributed by atoms with Crippen molar-refractivity contribution in [2.45, 2.75) is 32.7 Å². The lowest BCUT2D eigenvalue weighted by molar-refractivity contribution is 0.0720. The summed E-state index contributed by atoms with van der Waals surface area (Å²) in [6, 6.07) is 4.10. The lowest BCUT2D eigenvalue weighted by Crippen LogP contribution is -2.36. The molecule has 0 bridgehead atoms. The maximum atomic E-state index is 12.1. The molecule has 0 unspecified atom stereocenters. The number of aromatic hydroxyl groups is 2. The summed E-state index contributed by atoms with van der Waals surface area (Å²) in [5.41, 5.74) is 0.138. The van der Waals surface area contributed by atoms with Gasteiger partial charge in [-0.15, -0.1) is 0 Å². The van der Waals surface area contributed by atoms with Gasteiger partial charge >= 0.3 is 0 Å². The SMILES string of the molecule is CCC(CC)N(C)C(=O)c1cc(O)ccc1O. The van der Waals surface area contributed by atoms with Crippen LogP contribution in [0, 0.1) is 0 Å². The first-order chi connectivity index (χ1) is 8.01. The highest BCUT2D eigenvalue weighted by molar-refractivity contribution is 5.97. The predicted octanol–water partition coefficient (Wildman–Crippen LogP) is 2.36. The zero-order valence-corrected chi connectivity index (χ0v) is 10.5. The molecule has 0 saturated carbocycles. The number of rotatable bonds is 4. The molecule has 1 amide bonds. The van der Waals surface area contributed by atoms with Gasteiger partial charge in [-0.05, 0) is 31.0 Å². The van der Waals surface area contributed by atoms with E-state index in [1.165, 1.54) is 18.2 Å². The van der Waals surface area contributed by atoms with Gasteiger partial charge in [0.15, 0.2) is 0 Å². The Morgan fingerprint density at radius 3 is 2.41 bits per heavy atom. The molecule has 0 radical (unpaired) electrons. The Balaban J connectivity index is 2.99. The fourth-order valence-corrected chi connectivity index (χ4v) is 1.89. The standard InChI is InChI=1S/C13H19NO3/c1-4-9(5-2)14(3)13(17)11-8-10(15)6-7-12(11)16/h6-9,15-16H,4-5H2,1-3H3. The van der Waals surface area contributed by atoms with Crippen LogP contribution >= 0.6 is 0 Å². The lowest BCUT2D eigenvalue weighted by Gasteiger charge is -2.26. The van der Waals surface area contributed by atoms with Crippen molar-refractivity contribution < 1.29 is 15.0 Å². The Morgan fingerprint density at radius 1 is 1.29 bits per heavy atom. The van der Waals surface area contributed by atoms with Crippen LogP contribution in [0.1, 0.15) is 37.0 Å². The molecule has 0 spiro atoms. The quantitative estimate of drug-likeness (QED) is 0.790. The van der Waals surface area contributed by atoms with Crippen molar-refractivity contribution in [3.63, 3.8) is 0 Å². The lowest BCUT2D eigenvalue weighted by atomic mass is 10.1. The van der Waals surface area contributed by atoms with E-state index in [9.17, 15) is 15.0 Å². The molecule has 1 aromatic carbocycles. The van der Waals surface area contributed by atoms with Crippen LogP contribution in [0.3, 0.4) is 0 Å². The first-order valence-electron chi connectivity index (χ1n) is 5.80. The Hall–Kier alpha value is -1.71. The van der Waals surface area contributed by atoms with Gasteiger partial charge in [0.1, 0.15) is 11.5 Å². The summed E-state index contributed by atoms with van der Waals surface area (Å²) in [4.78, 5) is 13.7. The number of hydrogen-bond acceptors (Lipinski definition) is 3. The number of benzene rings is 1. The van der Waals surface area contributed by atoms with E-state index in [-0.39, 0.29) is 29.0 Å². The molecule has 0 heterocycles. The van der Waals surface area contributed by atoms with Crippen molar-refractivity contribution in [3.8, 4) is 11.5 Å². The van der Waals surface area contributed by atoms with E-state index in [0.717, 1.165) is 12.8 Å². The highest BCUT2D eigenvalue weighted by Crippen LogP contribution is 2.24. The van der Waals surface area contributed by atoms with E-state index in [4.69, 9.17) is 0 Å². The number of nitrogens with zero attached hydrogens (tertiary/aromatic N) is 1. The number of amides is 1. The van der Waals surface area contributed by atoms with Gasteiger partial charge in [0.25, 0.3) is 5.91 Å². The smallest absolute Gasteiger partial charge is 0.257 e. The van der Waals surface area contributed by atoms with Crippen molar-refractivity contribution in [2.75, 3.05) is 7.05 Å². The average molecular weight is 237 g/mol. The van der Waals surface area contributed by atoms with Gasteiger partial charge in [-0.3, -0.25) is 4.79 Å². The number of phenolic OH excluding ortho intramolecular Hbond substituents is 2. The predicted molar refractivity (Wildman–Crippen MR) is 66.2 cm³/mol. The van der Waals surface area contributed by atoms with Crippen molar-refractivity contribution in [1.29, 1.82) is 0 Å². The molecule has 4 heteroatoms. The fraction of sp³-hybridized carbons (Fsp3) is 0.462. The third-order valence-electron chi connectivity index (χ3n) is 3.02. The molecule has 17 heavy (non-hydrogen) atoms. The summed E-state index contributed by atoms with van der Waals surface area (Å²) in [5, 5.41) is 19.0. The van der Waals surface area contributed by atoms with Crippen LogP contribution in [0.2, 0.25) is 0 Å². The molecule has 4 nitrogen and oxygen atoms in total. The normalized spacial score (nSPS) is 10.6. The molecule has 0 aromatic heterocycles. The number of carbonyl (C=O) groups excluding carboxylic acids is 1. The largest absolute Gasteiger partial charge is 0.508 e. The Bertz CT molecular complexity index is 400. The zero-order valence-electron chi connectivity index (χ0n) is 10.5. The molecule has 0 saturated heterocycles. The van der Waals surface area contributed by atoms with Gasteiger partial charge in [0.2, 0.25) is 0 Å². The van der Waals surface area contributed by atoms with Crippen molar-refractivity contribution in [1.82, 2.24) is 4.90 Å². The van der Waals surface area contributed by atoms with Crippen LogP contribution in [0.5, 0.6) is 11.5 Å². The molecule has 0 aliphatic carbocycles. The molecule has 1 aromatic rings. The highest BCUT2D eigenvalue weighted by atomic mass is 16.3. The first-order valence-corrected chi connectivity index (χ1v) is 5.80. The maximum absolute atomic E-state index is 12.1. The van der Waals surface area contributed by atoms with Gasteiger partial charge in [-0.1, -0.05) is 13.8 Å². The molecular weight excluding hydrogens is 218 g/mol. The minimum atomic E-state index is -0.271. The zero-order chi connectivity index (χ0) is 13.0. The van der Waals surface area contributed by atoms with Gasteiger partial charge in [0, 0.05) is 13.1 Å². The Morgan fingerprint density at radius 2 is 1.88 bits per heavy atom. The topological polar surface area (TPSA) is 60.8 Å². The summed E-state index contributed by atoms with van der Waals surface area (Å²) in [6.07, 6.45) is 1.72. The second-order valence-corrected chi connectivity index (χ2v) is 4.09. The number of phenols is 2. The maximum Gasteiger partial charge on any atom is 0.257 e. The van der Waals surface area contributed by atoms with Crippen LogP contribution in [-0.2, 0) is 0 Å². The average Bonchev–Trinajstić information content (AvgIpc) is 2.32. The monoisotopic (exact) mass is 237 g/mol. The second-order valence-electron chi connectivity index (χ2n) is 4.09. The summed E-state index contributed by atoms with van der Waals surface area (Å²) in [7, 11) is 1.71. The first kappa shape index (κ1) is 13.4. The highest BCUT2D eigenvalue weighted by Gasteiger charge is 2.21. The summed E-state index contributed by atoms with van der Waals surface area (Å²) in [6.45, 7) is 4.03. The molecule has 0 fully saturated rings. The molecule has 1 rings (SSSR count). The molecular formula is C13H19NO3. The minimum Gasteiger partial charge on any atom is -0.508 e. The summed E-state index contributed by atoms with van der Waals surface area (Å²) >= 11 is 0. The number of carbonyl (C=O) groups is 1. The molecule has 94 valence electrons. The molecule has 2 N–H and O–H groups in total. The molecule has 0 aliphatic rings. The van der Waals surface area contributed by atoms with Gasteiger partial charge in [0.05, 0.1) is 5.56 Å². The van der Waals surface area contributed by atoms with Crippen molar-refractivity contribution in [3.05, 3.63) is 23.8 Å². The third kappa shape index (κ3) is 2.90. The van der Waals surface area contributed by atoms with Gasteiger partial charge in [-0.2, -0.15) is 0 Å². The van der Waals surface area contributed by atoms with E-state index in [1.807, 2.05) is 13.8 Å². The van der Waals surface area contributed by atoms with Gasteiger partial charge in [-0.25, -0.2) is 0 Å². The molecule has 0 aliphatic heterocycles.